The van der Waals surface area contributed by atoms with Crippen LogP contribution in [0.15, 0.2) is 24.4 Å². The van der Waals surface area contributed by atoms with Crippen LogP contribution in [0.4, 0.5) is 0 Å². The lowest BCUT2D eigenvalue weighted by atomic mass is 9.78. The Labute approximate surface area is 132 Å². The van der Waals surface area contributed by atoms with Gasteiger partial charge in [0.25, 0.3) is 5.91 Å². The highest BCUT2D eigenvalue weighted by Gasteiger charge is 2.38. The van der Waals surface area contributed by atoms with E-state index in [2.05, 4.69) is 10.3 Å². The van der Waals surface area contributed by atoms with Crippen LogP contribution in [0.3, 0.4) is 0 Å². The highest BCUT2D eigenvalue weighted by Crippen LogP contribution is 2.37. The second-order valence-corrected chi connectivity index (χ2v) is 5.43. The number of likely N-dealkylation sites (tertiary alicyclic amines) is 1. The highest BCUT2D eigenvalue weighted by molar-refractivity contribution is 5.92. The summed E-state index contributed by atoms with van der Waals surface area (Å²) in [6.07, 6.45) is 5.19. The molecule has 2 aliphatic rings. The molecule has 4 nitrogen and oxygen atoms in total. The van der Waals surface area contributed by atoms with Crippen LogP contribution in [0.1, 0.15) is 29.8 Å². The Morgan fingerprint density at radius 2 is 1.95 bits per heavy atom. The number of piperidine rings is 1. The smallest absolute Gasteiger partial charge is 0.272 e. The van der Waals surface area contributed by atoms with Gasteiger partial charge >= 0.3 is 0 Å². The SMILES string of the molecule is Cl.Cl.O=C(c1ccccn1)N1CCC2(CCNC2)CC1. The van der Waals surface area contributed by atoms with E-state index in [1.165, 1.54) is 6.42 Å². The molecule has 3 rings (SSSR count). The monoisotopic (exact) mass is 317 g/mol. The fourth-order valence-electron chi connectivity index (χ4n) is 3.06. The fourth-order valence-corrected chi connectivity index (χ4v) is 3.06. The van der Waals surface area contributed by atoms with Crippen molar-refractivity contribution in [3.8, 4) is 0 Å². The van der Waals surface area contributed by atoms with Gasteiger partial charge in [-0.05, 0) is 43.4 Å². The molecule has 1 N–H and O–H groups in total. The minimum Gasteiger partial charge on any atom is -0.337 e. The first kappa shape index (κ1) is 17.2. The summed E-state index contributed by atoms with van der Waals surface area (Å²) in [5, 5.41) is 3.44. The molecule has 2 fully saturated rings. The zero-order valence-corrected chi connectivity index (χ0v) is 13.0. The van der Waals surface area contributed by atoms with E-state index < -0.39 is 0 Å². The average Bonchev–Trinajstić information content (AvgIpc) is 2.88. The fraction of sp³-hybridized carbons (Fsp3) is 0.571. The van der Waals surface area contributed by atoms with Crippen molar-refractivity contribution in [3.63, 3.8) is 0 Å². The molecule has 20 heavy (non-hydrogen) atoms. The third-order valence-corrected chi connectivity index (χ3v) is 4.33. The number of hydrogen-bond acceptors (Lipinski definition) is 3. The summed E-state index contributed by atoms with van der Waals surface area (Å²) < 4.78 is 0. The molecule has 2 saturated heterocycles. The normalized spacial score (nSPS) is 20.1. The van der Waals surface area contributed by atoms with Crippen LogP contribution in [0.5, 0.6) is 0 Å². The van der Waals surface area contributed by atoms with E-state index in [-0.39, 0.29) is 30.7 Å². The zero-order valence-electron chi connectivity index (χ0n) is 11.4. The molecular formula is C14H21Cl2N3O. The number of carbonyl (C=O) groups excluding carboxylic acids is 1. The standard InChI is InChI=1S/C14H19N3O.2ClH/c18-13(12-3-1-2-7-16-12)17-9-5-14(6-10-17)4-8-15-11-14;;/h1-3,7,15H,4-6,8-11H2;2*1H. The van der Waals surface area contributed by atoms with E-state index in [1.807, 2.05) is 17.0 Å². The molecule has 0 aliphatic carbocycles. The Balaban J connectivity index is 0.000001000. The summed E-state index contributed by atoms with van der Waals surface area (Å²) in [6.45, 7) is 4.00. The lowest BCUT2D eigenvalue weighted by Crippen LogP contribution is -2.44. The summed E-state index contributed by atoms with van der Waals surface area (Å²) in [4.78, 5) is 18.3. The van der Waals surface area contributed by atoms with Gasteiger partial charge in [0.1, 0.15) is 5.69 Å². The first-order valence-electron chi connectivity index (χ1n) is 6.70. The van der Waals surface area contributed by atoms with Gasteiger partial charge in [-0.2, -0.15) is 0 Å². The van der Waals surface area contributed by atoms with E-state index in [9.17, 15) is 4.79 Å². The van der Waals surface area contributed by atoms with Crippen molar-refractivity contribution < 1.29 is 4.79 Å². The van der Waals surface area contributed by atoms with E-state index in [0.29, 0.717) is 11.1 Å². The van der Waals surface area contributed by atoms with Crippen molar-refractivity contribution in [3.05, 3.63) is 30.1 Å². The lowest BCUT2D eigenvalue weighted by Gasteiger charge is -2.38. The maximum Gasteiger partial charge on any atom is 0.272 e. The number of rotatable bonds is 1. The summed E-state index contributed by atoms with van der Waals surface area (Å²) in [6, 6.07) is 5.50. The molecule has 1 amide bonds. The molecule has 0 unspecified atom stereocenters. The second-order valence-electron chi connectivity index (χ2n) is 5.43. The van der Waals surface area contributed by atoms with Gasteiger partial charge in [0, 0.05) is 25.8 Å². The molecule has 0 saturated carbocycles. The minimum absolute atomic E-state index is 0. The molecule has 0 bridgehead atoms. The minimum atomic E-state index is 0. The summed E-state index contributed by atoms with van der Waals surface area (Å²) >= 11 is 0. The van der Waals surface area contributed by atoms with Gasteiger partial charge in [-0.1, -0.05) is 6.07 Å². The van der Waals surface area contributed by atoms with Gasteiger partial charge in [0.15, 0.2) is 0 Å². The molecule has 1 aromatic heterocycles. The molecule has 0 atom stereocenters. The molecule has 112 valence electrons. The number of amides is 1. The second kappa shape index (κ2) is 7.25. The van der Waals surface area contributed by atoms with E-state index in [0.717, 1.165) is 39.0 Å². The first-order chi connectivity index (χ1) is 8.79. The number of halogens is 2. The van der Waals surface area contributed by atoms with Crippen molar-refractivity contribution in [2.24, 2.45) is 5.41 Å². The van der Waals surface area contributed by atoms with Gasteiger partial charge in [-0.15, -0.1) is 24.8 Å². The third-order valence-electron chi connectivity index (χ3n) is 4.33. The third kappa shape index (κ3) is 3.43. The molecule has 6 heteroatoms. The van der Waals surface area contributed by atoms with Crippen LogP contribution in [0, 0.1) is 5.41 Å². The Bertz CT molecular complexity index is 425. The molecule has 1 spiro atoms. The van der Waals surface area contributed by atoms with Crippen LogP contribution in [0.25, 0.3) is 0 Å². The number of carbonyl (C=O) groups is 1. The van der Waals surface area contributed by atoms with E-state index in [1.54, 1.807) is 12.3 Å². The predicted molar refractivity (Wildman–Crippen MR) is 83.8 cm³/mol. The molecule has 1 aromatic rings. The van der Waals surface area contributed by atoms with Gasteiger partial charge in [-0.3, -0.25) is 9.78 Å². The van der Waals surface area contributed by atoms with Gasteiger partial charge < -0.3 is 10.2 Å². The van der Waals surface area contributed by atoms with Crippen LogP contribution in [0.2, 0.25) is 0 Å². The van der Waals surface area contributed by atoms with Crippen molar-refractivity contribution in [2.45, 2.75) is 19.3 Å². The number of aromatic nitrogens is 1. The van der Waals surface area contributed by atoms with Crippen molar-refractivity contribution >= 4 is 30.7 Å². The van der Waals surface area contributed by atoms with Crippen LogP contribution in [-0.2, 0) is 0 Å². The summed E-state index contributed by atoms with van der Waals surface area (Å²) in [5.74, 6) is 0.0800. The number of pyridine rings is 1. The van der Waals surface area contributed by atoms with Crippen molar-refractivity contribution in [1.82, 2.24) is 15.2 Å². The van der Waals surface area contributed by atoms with Gasteiger partial charge in [0.05, 0.1) is 0 Å². The average molecular weight is 318 g/mol. The molecule has 0 radical (unpaired) electrons. The Morgan fingerprint density at radius 3 is 2.50 bits per heavy atom. The Hall–Kier alpha value is -0.840. The highest BCUT2D eigenvalue weighted by atomic mass is 35.5. The largest absolute Gasteiger partial charge is 0.337 e. The predicted octanol–water partition coefficient (Wildman–Crippen LogP) is 2.14. The molecular weight excluding hydrogens is 297 g/mol. The number of nitrogens with zero attached hydrogens (tertiary/aromatic N) is 2. The molecule has 3 heterocycles. The Kier molecular flexibility index (Phi) is 6.24. The first-order valence-corrected chi connectivity index (χ1v) is 6.70. The van der Waals surface area contributed by atoms with E-state index in [4.69, 9.17) is 0 Å². The topological polar surface area (TPSA) is 45.2 Å². The maximum absolute atomic E-state index is 12.3. The number of hydrogen-bond donors (Lipinski definition) is 1. The van der Waals surface area contributed by atoms with E-state index >= 15 is 0 Å². The van der Waals surface area contributed by atoms with Crippen LogP contribution < -0.4 is 5.32 Å². The summed E-state index contributed by atoms with van der Waals surface area (Å²) in [7, 11) is 0. The quantitative estimate of drug-likeness (QED) is 0.863. The number of nitrogens with one attached hydrogen (secondary N) is 1. The van der Waals surface area contributed by atoms with Crippen LogP contribution in [-0.4, -0.2) is 42.0 Å². The van der Waals surface area contributed by atoms with Crippen molar-refractivity contribution in [2.75, 3.05) is 26.2 Å². The lowest BCUT2D eigenvalue weighted by molar-refractivity contribution is 0.0602. The van der Waals surface area contributed by atoms with Crippen LogP contribution >= 0.6 is 24.8 Å². The maximum atomic E-state index is 12.3. The summed E-state index contributed by atoms with van der Waals surface area (Å²) in [5.41, 5.74) is 1.03. The molecule has 2 aliphatic heterocycles. The Morgan fingerprint density at radius 1 is 1.20 bits per heavy atom. The zero-order chi connectivity index (χ0) is 12.4. The van der Waals surface area contributed by atoms with Gasteiger partial charge in [-0.25, -0.2) is 0 Å². The molecule has 0 aromatic carbocycles. The van der Waals surface area contributed by atoms with Gasteiger partial charge in [0.2, 0.25) is 0 Å². The van der Waals surface area contributed by atoms with Crippen molar-refractivity contribution in [1.29, 1.82) is 0 Å².